The van der Waals surface area contributed by atoms with Gasteiger partial charge in [-0.15, -0.1) is 0 Å². The van der Waals surface area contributed by atoms with Crippen molar-refractivity contribution < 1.29 is 10.2 Å². The molecule has 1 saturated carbocycles. The van der Waals surface area contributed by atoms with Crippen molar-refractivity contribution in [1.29, 1.82) is 0 Å². The highest BCUT2D eigenvalue weighted by molar-refractivity contribution is 5.41. The van der Waals surface area contributed by atoms with Gasteiger partial charge in [0.1, 0.15) is 0 Å². The third-order valence-corrected chi connectivity index (χ3v) is 7.30. The molecule has 0 unspecified atom stereocenters. The molecule has 2 nitrogen and oxygen atoms in total. The second-order valence-corrected chi connectivity index (χ2v) is 8.88. The lowest BCUT2D eigenvalue weighted by molar-refractivity contribution is -0.00120. The smallest absolute Gasteiger partial charge is 0.0753 e. The van der Waals surface area contributed by atoms with E-state index in [2.05, 4.69) is 40.7 Å². The van der Waals surface area contributed by atoms with Gasteiger partial charge in [0.2, 0.25) is 0 Å². The summed E-state index contributed by atoms with van der Waals surface area (Å²) in [5.41, 5.74) is 4.25. The molecule has 3 aliphatic rings. The lowest BCUT2D eigenvalue weighted by Gasteiger charge is -2.51. The molecule has 5 atom stereocenters. The van der Waals surface area contributed by atoms with Crippen molar-refractivity contribution in [2.75, 3.05) is 0 Å². The van der Waals surface area contributed by atoms with E-state index in [1.54, 1.807) is 0 Å². The Labute approximate surface area is 135 Å². The Morgan fingerprint density at radius 3 is 2.41 bits per heavy atom. The van der Waals surface area contributed by atoms with E-state index in [9.17, 15) is 10.2 Å². The molecule has 0 aromatic carbocycles. The number of hydrogen-bond donors (Lipinski definition) is 2. The molecule has 3 aliphatic carbocycles. The summed E-state index contributed by atoms with van der Waals surface area (Å²) in [5.74, 6) is 0.921. The molecule has 0 aliphatic heterocycles. The first-order valence-corrected chi connectivity index (χ1v) is 8.95. The second-order valence-electron chi connectivity index (χ2n) is 8.88. The van der Waals surface area contributed by atoms with Crippen molar-refractivity contribution in [3.05, 3.63) is 22.8 Å². The number of allylic oxidation sites excluding steroid dienone is 2. The predicted octanol–water partition coefficient (Wildman–Crippen LogP) is 4.23. The molecule has 1 fully saturated rings. The summed E-state index contributed by atoms with van der Waals surface area (Å²) in [5, 5.41) is 20.8. The molecular formula is C20H32O2. The van der Waals surface area contributed by atoms with Gasteiger partial charge in [0, 0.05) is 0 Å². The Hall–Kier alpha value is -0.600. The van der Waals surface area contributed by atoms with Crippen molar-refractivity contribution >= 4 is 0 Å². The largest absolute Gasteiger partial charge is 0.393 e. The molecule has 0 spiro atoms. The molecule has 2 N–H and O–H groups in total. The third kappa shape index (κ3) is 2.30. The minimum Gasteiger partial charge on any atom is -0.393 e. The van der Waals surface area contributed by atoms with Gasteiger partial charge >= 0.3 is 0 Å². The standard InChI is InChI=1S/C20H32O2/c1-12-15-6-8-20(5)9-7-17(21)13(2)16(20)10-14(11-18(12)22)19(15,3)4/h10,12,15,17-18,21-22H,6-9,11H2,1-5H3/b14-10-/t12-,15-,17-,18-,20+/m0/s1. The first-order valence-electron chi connectivity index (χ1n) is 8.95. The van der Waals surface area contributed by atoms with Crippen LogP contribution in [-0.2, 0) is 0 Å². The van der Waals surface area contributed by atoms with E-state index in [4.69, 9.17) is 0 Å². The fourth-order valence-corrected chi connectivity index (χ4v) is 5.36. The normalized spacial score (nSPS) is 47.1. The molecule has 0 amide bonds. The Kier molecular flexibility index (Phi) is 3.85. The van der Waals surface area contributed by atoms with E-state index in [-0.39, 0.29) is 23.0 Å². The average Bonchev–Trinajstić information content (AvgIpc) is 2.44. The molecule has 2 heteroatoms. The van der Waals surface area contributed by atoms with Gasteiger partial charge in [-0.25, -0.2) is 0 Å². The van der Waals surface area contributed by atoms with Crippen LogP contribution in [0.5, 0.6) is 0 Å². The van der Waals surface area contributed by atoms with Crippen molar-refractivity contribution in [2.24, 2.45) is 22.7 Å². The van der Waals surface area contributed by atoms with E-state index in [1.807, 2.05) is 0 Å². The highest BCUT2D eigenvalue weighted by Crippen LogP contribution is 2.56. The second kappa shape index (κ2) is 5.21. The lowest BCUT2D eigenvalue weighted by atomic mass is 9.54. The van der Waals surface area contributed by atoms with Crippen LogP contribution >= 0.6 is 0 Å². The maximum atomic E-state index is 10.5. The van der Waals surface area contributed by atoms with Crippen LogP contribution in [0, 0.1) is 22.7 Å². The van der Waals surface area contributed by atoms with Gasteiger partial charge in [0.25, 0.3) is 0 Å². The number of hydrogen-bond acceptors (Lipinski definition) is 2. The van der Waals surface area contributed by atoms with Gasteiger partial charge in [0.05, 0.1) is 12.2 Å². The Bertz CT molecular complexity index is 528. The van der Waals surface area contributed by atoms with Crippen LogP contribution in [0.2, 0.25) is 0 Å². The van der Waals surface area contributed by atoms with Gasteiger partial charge in [-0.05, 0) is 72.8 Å². The molecule has 3 rings (SSSR count). The van der Waals surface area contributed by atoms with Crippen LogP contribution in [0.4, 0.5) is 0 Å². The molecule has 2 bridgehead atoms. The molecule has 0 heterocycles. The first-order chi connectivity index (χ1) is 10.2. The maximum absolute atomic E-state index is 10.5. The molecule has 0 aromatic rings. The molecule has 0 radical (unpaired) electrons. The highest BCUT2D eigenvalue weighted by atomic mass is 16.3. The minimum absolute atomic E-state index is 0.148. The van der Waals surface area contributed by atoms with Crippen LogP contribution in [0.25, 0.3) is 0 Å². The quantitative estimate of drug-likeness (QED) is 0.703. The number of aliphatic hydroxyl groups excluding tert-OH is 2. The van der Waals surface area contributed by atoms with Crippen LogP contribution < -0.4 is 0 Å². The number of rotatable bonds is 0. The number of fused-ring (bicyclic) bond motifs is 3. The maximum Gasteiger partial charge on any atom is 0.0753 e. The van der Waals surface area contributed by atoms with Gasteiger partial charge in [-0.3, -0.25) is 0 Å². The SMILES string of the molecule is CC1=C2/C=C3/C[C@H](O)[C@@H](C)[C@H](CC[C@]2(C)CC[C@@H]1O)C3(C)C. The molecule has 0 aromatic heterocycles. The minimum atomic E-state index is -0.286. The van der Waals surface area contributed by atoms with E-state index in [0.29, 0.717) is 11.8 Å². The van der Waals surface area contributed by atoms with Crippen molar-refractivity contribution in [1.82, 2.24) is 0 Å². The Balaban J connectivity index is 2.15. The summed E-state index contributed by atoms with van der Waals surface area (Å²) in [6.45, 7) is 11.4. The van der Waals surface area contributed by atoms with Gasteiger partial charge in [0.15, 0.2) is 0 Å². The number of aliphatic hydroxyl groups is 2. The summed E-state index contributed by atoms with van der Waals surface area (Å²) >= 11 is 0. The van der Waals surface area contributed by atoms with Gasteiger partial charge in [-0.1, -0.05) is 39.3 Å². The van der Waals surface area contributed by atoms with E-state index < -0.39 is 0 Å². The average molecular weight is 304 g/mol. The summed E-state index contributed by atoms with van der Waals surface area (Å²) in [4.78, 5) is 0. The van der Waals surface area contributed by atoms with Gasteiger partial charge < -0.3 is 10.2 Å². The van der Waals surface area contributed by atoms with Crippen molar-refractivity contribution in [2.45, 2.75) is 78.9 Å². The zero-order valence-electron chi connectivity index (χ0n) is 14.8. The van der Waals surface area contributed by atoms with Crippen LogP contribution in [0.1, 0.15) is 66.7 Å². The topological polar surface area (TPSA) is 40.5 Å². The van der Waals surface area contributed by atoms with Crippen molar-refractivity contribution in [3.63, 3.8) is 0 Å². The summed E-state index contributed by atoms with van der Waals surface area (Å²) < 4.78 is 0. The van der Waals surface area contributed by atoms with Gasteiger partial charge in [-0.2, -0.15) is 0 Å². The fourth-order valence-electron chi connectivity index (χ4n) is 5.36. The Morgan fingerprint density at radius 2 is 1.73 bits per heavy atom. The monoisotopic (exact) mass is 304 g/mol. The molecule has 22 heavy (non-hydrogen) atoms. The lowest BCUT2D eigenvalue weighted by Crippen LogP contribution is -2.45. The summed E-state index contributed by atoms with van der Waals surface area (Å²) in [7, 11) is 0. The van der Waals surface area contributed by atoms with Crippen molar-refractivity contribution in [3.8, 4) is 0 Å². The van der Waals surface area contributed by atoms with Crippen LogP contribution in [0.15, 0.2) is 22.8 Å². The molecule has 124 valence electrons. The third-order valence-electron chi connectivity index (χ3n) is 7.30. The van der Waals surface area contributed by atoms with Crippen LogP contribution in [-0.4, -0.2) is 22.4 Å². The van der Waals surface area contributed by atoms with Crippen LogP contribution in [0.3, 0.4) is 0 Å². The molecular weight excluding hydrogens is 272 g/mol. The summed E-state index contributed by atoms with van der Waals surface area (Å²) in [6, 6.07) is 0. The molecule has 0 saturated heterocycles. The zero-order chi connectivity index (χ0) is 16.3. The highest BCUT2D eigenvalue weighted by Gasteiger charge is 2.47. The first kappa shape index (κ1) is 16.3. The predicted molar refractivity (Wildman–Crippen MR) is 90.4 cm³/mol. The zero-order valence-corrected chi connectivity index (χ0v) is 14.8. The van der Waals surface area contributed by atoms with E-state index in [1.165, 1.54) is 24.0 Å². The summed E-state index contributed by atoms with van der Waals surface area (Å²) in [6.07, 6.45) is 6.95. The van der Waals surface area contributed by atoms with E-state index >= 15 is 0 Å². The fraction of sp³-hybridized carbons (Fsp3) is 0.800. The van der Waals surface area contributed by atoms with E-state index in [0.717, 1.165) is 24.8 Å². The Morgan fingerprint density at radius 1 is 1.09 bits per heavy atom.